The van der Waals surface area contributed by atoms with Gasteiger partial charge in [0.2, 0.25) is 0 Å². The van der Waals surface area contributed by atoms with E-state index in [1.807, 2.05) is 47.2 Å². The first-order valence-electron chi connectivity index (χ1n) is 13.9. The summed E-state index contributed by atoms with van der Waals surface area (Å²) in [6.45, 7) is 4.58. The van der Waals surface area contributed by atoms with Crippen molar-refractivity contribution >= 4 is 38.7 Å². The number of carbonyl (C=O) groups excluding carboxylic acids is 1. The summed E-state index contributed by atoms with van der Waals surface area (Å²) < 4.78 is 42.3. The molecule has 2 aliphatic rings. The fourth-order valence-corrected chi connectivity index (χ4v) is 6.75. The average molecular weight is 551 g/mol. The van der Waals surface area contributed by atoms with Gasteiger partial charge in [0.15, 0.2) is 5.78 Å². The number of allylic oxidation sites excluding steroid dienone is 1. The van der Waals surface area contributed by atoms with Gasteiger partial charge in [0.1, 0.15) is 0 Å². The lowest BCUT2D eigenvalue weighted by Crippen LogP contribution is -2.33. The molecule has 3 nitrogen and oxygen atoms in total. The summed E-state index contributed by atoms with van der Waals surface area (Å²) in [5.74, 6) is 0.141. The summed E-state index contributed by atoms with van der Waals surface area (Å²) in [6.07, 6.45) is -1.14. The van der Waals surface area contributed by atoms with Crippen molar-refractivity contribution in [2.24, 2.45) is 5.41 Å². The number of para-hydroxylation sites is 1. The number of fused-ring (bicyclic) bond motifs is 5. The zero-order valence-corrected chi connectivity index (χ0v) is 22.8. The molecule has 1 aliphatic carbocycles. The molecule has 0 saturated heterocycles. The van der Waals surface area contributed by atoms with Crippen molar-refractivity contribution in [3.05, 3.63) is 119 Å². The maximum absolute atomic E-state index is 13.9. The molecular weight excluding hydrogens is 521 g/mol. The number of carbonyl (C=O) groups is 1. The van der Waals surface area contributed by atoms with Crippen molar-refractivity contribution in [3.8, 4) is 0 Å². The van der Waals surface area contributed by atoms with Gasteiger partial charge in [0, 0.05) is 52.5 Å². The number of hydrogen-bond acceptors (Lipinski definition) is 2. The molecule has 6 heteroatoms. The maximum Gasteiger partial charge on any atom is 0.416 e. The van der Waals surface area contributed by atoms with Gasteiger partial charge in [-0.1, -0.05) is 74.5 Å². The number of halogens is 3. The third kappa shape index (κ3) is 4.33. The van der Waals surface area contributed by atoms with Crippen LogP contribution in [0.25, 0.3) is 27.2 Å². The number of alkyl halides is 3. The second-order valence-corrected chi connectivity index (χ2v) is 12.0. The minimum Gasteiger partial charge on any atom is -0.373 e. The van der Waals surface area contributed by atoms with Crippen LogP contribution >= 0.6 is 0 Å². The number of Topliss-reactive ketones (excluding diaryl/α,β-unsaturated/α-hetero) is 1. The summed E-state index contributed by atoms with van der Waals surface area (Å²) >= 11 is 0. The summed E-state index contributed by atoms with van der Waals surface area (Å²) in [7, 11) is 0. The highest BCUT2D eigenvalue weighted by Gasteiger charge is 2.41. The second kappa shape index (κ2) is 9.10. The van der Waals surface area contributed by atoms with Gasteiger partial charge in [0.05, 0.1) is 11.6 Å². The van der Waals surface area contributed by atoms with Crippen LogP contribution in [0.4, 0.5) is 18.9 Å². The first-order valence-corrected chi connectivity index (χ1v) is 13.9. The van der Waals surface area contributed by atoms with E-state index < -0.39 is 11.7 Å². The Morgan fingerprint density at radius 1 is 0.902 bits per heavy atom. The second-order valence-electron chi connectivity index (χ2n) is 12.0. The lowest BCUT2D eigenvalue weighted by molar-refractivity contribution is -0.137. The Bertz CT molecular complexity index is 1890. The van der Waals surface area contributed by atoms with Crippen LogP contribution in [0, 0.1) is 5.41 Å². The first kappa shape index (κ1) is 25.6. The highest BCUT2D eigenvalue weighted by Crippen LogP contribution is 2.52. The molecule has 0 fully saturated rings. The molecule has 1 atom stereocenters. The number of hydrogen-bond donors (Lipinski definition) is 1. The van der Waals surface area contributed by atoms with E-state index in [1.165, 1.54) is 12.1 Å². The van der Waals surface area contributed by atoms with E-state index in [9.17, 15) is 18.0 Å². The Morgan fingerprint density at radius 3 is 2.46 bits per heavy atom. The highest BCUT2D eigenvalue weighted by atomic mass is 19.4. The normalized spacial score (nSPS) is 18.4. The SMILES string of the molecule is CC1(C)CC(=O)C2=C(C1)c1c(ccc3ccccc13)NC2c1cn(Cc2cccc(C(F)(F)F)c2)c2ccccc12. The van der Waals surface area contributed by atoms with Gasteiger partial charge in [0.25, 0.3) is 0 Å². The smallest absolute Gasteiger partial charge is 0.373 e. The van der Waals surface area contributed by atoms with E-state index in [1.54, 1.807) is 6.07 Å². The summed E-state index contributed by atoms with van der Waals surface area (Å²) in [4.78, 5) is 13.9. The van der Waals surface area contributed by atoms with Crippen LogP contribution in [0.1, 0.15) is 55.0 Å². The number of nitrogens with zero attached hydrogens (tertiary/aromatic N) is 1. The number of anilines is 1. The predicted molar refractivity (Wildman–Crippen MR) is 158 cm³/mol. The van der Waals surface area contributed by atoms with Gasteiger partial charge in [-0.05, 0) is 58.0 Å². The van der Waals surface area contributed by atoms with Gasteiger partial charge < -0.3 is 9.88 Å². The molecule has 41 heavy (non-hydrogen) atoms. The molecule has 206 valence electrons. The standard InChI is InChI=1S/C35H29F3N2O/c1-34(2)17-26-31-24-11-4-3-9-22(24)14-15-28(31)39-33(32(26)30(41)18-34)27-20-40(29-13-6-5-12-25(27)29)19-21-8-7-10-23(16-21)35(36,37)38/h3-16,20,33,39H,17-19H2,1-2H3. The molecular formula is C35H29F3N2O. The predicted octanol–water partition coefficient (Wildman–Crippen LogP) is 9.17. The quantitative estimate of drug-likeness (QED) is 0.243. The number of ketones is 1. The molecule has 0 radical (unpaired) electrons. The molecule has 0 spiro atoms. The third-order valence-corrected chi connectivity index (χ3v) is 8.48. The van der Waals surface area contributed by atoms with E-state index >= 15 is 0 Å². The van der Waals surface area contributed by atoms with Crippen molar-refractivity contribution in [2.45, 2.75) is 45.5 Å². The Balaban J connectivity index is 1.40. The number of rotatable bonds is 3. The lowest BCUT2D eigenvalue weighted by atomic mass is 9.68. The third-order valence-electron chi connectivity index (χ3n) is 8.48. The van der Waals surface area contributed by atoms with E-state index in [0.717, 1.165) is 62.1 Å². The van der Waals surface area contributed by atoms with Crippen molar-refractivity contribution < 1.29 is 18.0 Å². The van der Waals surface area contributed by atoms with Crippen molar-refractivity contribution in [1.82, 2.24) is 4.57 Å². The lowest BCUT2D eigenvalue weighted by Gasteiger charge is -2.40. The zero-order chi connectivity index (χ0) is 28.5. The van der Waals surface area contributed by atoms with E-state index in [2.05, 4.69) is 43.4 Å². The minimum absolute atomic E-state index is 0.141. The Morgan fingerprint density at radius 2 is 1.66 bits per heavy atom. The summed E-state index contributed by atoms with van der Waals surface area (Å²) in [6, 6.07) is 25.5. The molecule has 7 rings (SSSR count). The molecule has 0 amide bonds. The van der Waals surface area contributed by atoms with Crippen LogP contribution in [0.3, 0.4) is 0 Å². The van der Waals surface area contributed by atoms with Crippen LogP contribution in [0.15, 0.2) is 96.7 Å². The van der Waals surface area contributed by atoms with Crippen LogP contribution < -0.4 is 5.32 Å². The molecule has 1 unspecified atom stereocenters. The molecule has 2 heterocycles. The topological polar surface area (TPSA) is 34.0 Å². The van der Waals surface area contributed by atoms with Gasteiger partial charge in [-0.15, -0.1) is 0 Å². The fourth-order valence-electron chi connectivity index (χ4n) is 6.75. The molecule has 4 aromatic carbocycles. The van der Waals surface area contributed by atoms with Gasteiger partial charge in [-0.25, -0.2) is 0 Å². The molecule has 0 bridgehead atoms. The van der Waals surface area contributed by atoms with Crippen molar-refractivity contribution in [1.29, 1.82) is 0 Å². The maximum atomic E-state index is 13.9. The zero-order valence-electron chi connectivity index (χ0n) is 22.8. The van der Waals surface area contributed by atoms with Crippen LogP contribution in [0.5, 0.6) is 0 Å². The number of aromatic nitrogens is 1. The van der Waals surface area contributed by atoms with Gasteiger partial charge >= 0.3 is 6.18 Å². The van der Waals surface area contributed by atoms with Gasteiger partial charge in [-0.3, -0.25) is 4.79 Å². The van der Waals surface area contributed by atoms with Crippen LogP contribution in [-0.4, -0.2) is 10.4 Å². The monoisotopic (exact) mass is 550 g/mol. The van der Waals surface area contributed by atoms with Gasteiger partial charge in [-0.2, -0.15) is 13.2 Å². The summed E-state index contributed by atoms with van der Waals surface area (Å²) in [5, 5.41) is 6.95. The van der Waals surface area contributed by atoms with E-state index in [-0.39, 0.29) is 23.8 Å². The number of nitrogens with one attached hydrogen (secondary N) is 1. The Labute approximate surface area is 236 Å². The molecule has 1 aromatic heterocycles. The minimum atomic E-state index is -4.40. The highest BCUT2D eigenvalue weighted by molar-refractivity contribution is 6.13. The van der Waals surface area contributed by atoms with E-state index in [4.69, 9.17) is 0 Å². The molecule has 5 aromatic rings. The van der Waals surface area contributed by atoms with Crippen LogP contribution in [0.2, 0.25) is 0 Å². The average Bonchev–Trinajstić information content (AvgIpc) is 3.29. The van der Waals surface area contributed by atoms with E-state index in [0.29, 0.717) is 12.0 Å². The first-order chi connectivity index (χ1) is 19.6. The van der Waals surface area contributed by atoms with Crippen LogP contribution in [-0.2, 0) is 17.5 Å². The summed E-state index contributed by atoms with van der Waals surface area (Å²) in [5.41, 5.74) is 5.60. The van der Waals surface area contributed by atoms with Crippen molar-refractivity contribution in [3.63, 3.8) is 0 Å². The Kier molecular flexibility index (Phi) is 5.69. The molecule has 0 saturated carbocycles. The van der Waals surface area contributed by atoms with Crippen molar-refractivity contribution in [2.75, 3.05) is 5.32 Å². The largest absolute Gasteiger partial charge is 0.416 e. The molecule has 1 aliphatic heterocycles. The fraction of sp³-hybridized carbons (Fsp3) is 0.229. The Hall–Kier alpha value is -4.32. The molecule has 1 N–H and O–H groups in total. The number of benzene rings is 4.